The maximum Gasteiger partial charge on any atom is 0.241 e. The molecular formula is C22H27N3O3S. The second-order valence-electron chi connectivity index (χ2n) is 7.93. The van der Waals surface area contributed by atoms with Gasteiger partial charge < -0.3 is 4.90 Å². The topological polar surface area (TPSA) is 69.7 Å². The van der Waals surface area contributed by atoms with Gasteiger partial charge in [-0.2, -0.15) is 0 Å². The van der Waals surface area contributed by atoms with E-state index in [0.717, 1.165) is 25.9 Å². The zero-order chi connectivity index (χ0) is 20.4. The second kappa shape index (κ2) is 8.26. The molecule has 2 saturated heterocycles. The Morgan fingerprint density at radius 1 is 1.10 bits per heavy atom. The molecule has 2 fully saturated rings. The summed E-state index contributed by atoms with van der Waals surface area (Å²) in [4.78, 5) is 16.2. The van der Waals surface area contributed by atoms with Crippen LogP contribution in [0.2, 0.25) is 0 Å². The van der Waals surface area contributed by atoms with E-state index < -0.39 is 10.0 Å². The first-order chi connectivity index (χ1) is 13.9. The normalized spacial score (nSPS) is 20.5. The van der Waals surface area contributed by atoms with Gasteiger partial charge in [-0.15, -0.1) is 0 Å². The van der Waals surface area contributed by atoms with Gasteiger partial charge in [0.15, 0.2) is 0 Å². The fourth-order valence-corrected chi connectivity index (χ4v) is 5.69. The number of hydrogen-bond acceptors (Lipinski definition) is 4. The van der Waals surface area contributed by atoms with E-state index in [1.165, 1.54) is 5.56 Å². The molecule has 2 aliphatic rings. The zero-order valence-corrected chi connectivity index (χ0v) is 17.5. The highest BCUT2D eigenvalue weighted by Gasteiger charge is 2.29. The minimum Gasteiger partial charge on any atom is -0.312 e. The number of sulfonamides is 1. The highest BCUT2D eigenvalue weighted by atomic mass is 32.2. The van der Waals surface area contributed by atoms with Gasteiger partial charge in [0.25, 0.3) is 0 Å². The summed E-state index contributed by atoms with van der Waals surface area (Å²) in [6, 6.07) is 15.4. The third-order valence-corrected chi connectivity index (χ3v) is 7.35. The van der Waals surface area contributed by atoms with E-state index in [1.54, 1.807) is 24.0 Å². The summed E-state index contributed by atoms with van der Waals surface area (Å²) in [5, 5.41) is 0. The molecule has 0 bridgehead atoms. The maximum atomic E-state index is 13.1. The molecule has 0 unspecified atom stereocenters. The number of benzene rings is 2. The van der Waals surface area contributed by atoms with Crippen molar-refractivity contribution in [1.82, 2.24) is 9.62 Å². The molecule has 1 atom stereocenters. The lowest BCUT2D eigenvalue weighted by atomic mass is 10.2. The molecule has 2 aromatic rings. The van der Waals surface area contributed by atoms with Crippen molar-refractivity contribution in [3.63, 3.8) is 0 Å². The Kier molecular flexibility index (Phi) is 5.72. The monoisotopic (exact) mass is 413 g/mol. The van der Waals surface area contributed by atoms with Crippen LogP contribution in [0.1, 0.15) is 30.4 Å². The summed E-state index contributed by atoms with van der Waals surface area (Å²) < 4.78 is 29.1. The Labute approximate surface area is 172 Å². The number of nitrogens with zero attached hydrogens (tertiary/aromatic N) is 2. The van der Waals surface area contributed by atoms with E-state index in [4.69, 9.17) is 0 Å². The molecule has 1 N–H and O–H groups in total. The second-order valence-corrected chi connectivity index (χ2v) is 9.61. The predicted molar refractivity (Wildman–Crippen MR) is 113 cm³/mol. The minimum atomic E-state index is -3.65. The average molecular weight is 414 g/mol. The Balaban J connectivity index is 1.46. The summed E-state index contributed by atoms with van der Waals surface area (Å²) in [6.45, 7) is 4.82. The lowest BCUT2D eigenvalue weighted by Crippen LogP contribution is -2.37. The first-order valence-electron chi connectivity index (χ1n) is 10.1. The molecule has 6 nitrogen and oxygen atoms in total. The summed E-state index contributed by atoms with van der Waals surface area (Å²) in [6.07, 6.45) is 2.12. The Morgan fingerprint density at radius 3 is 2.62 bits per heavy atom. The Morgan fingerprint density at radius 2 is 1.90 bits per heavy atom. The molecule has 154 valence electrons. The standard InChI is InChI=1S/C22H27N3O3S/c1-17-9-10-20(25-12-5-8-22(25)26)14-21(17)29(27,28)23-19-11-13-24(16-19)15-18-6-3-2-4-7-18/h2-4,6-7,9-10,14,19,23H,5,8,11-13,15-16H2,1H3/t19-/m1/s1. The van der Waals surface area contributed by atoms with Crippen LogP contribution in [0.3, 0.4) is 0 Å². The first-order valence-corrected chi connectivity index (χ1v) is 11.6. The van der Waals surface area contributed by atoms with Crippen LogP contribution in [0, 0.1) is 6.92 Å². The molecule has 2 heterocycles. The van der Waals surface area contributed by atoms with Gasteiger partial charge in [-0.1, -0.05) is 36.4 Å². The minimum absolute atomic E-state index is 0.0532. The summed E-state index contributed by atoms with van der Waals surface area (Å²) in [5.41, 5.74) is 2.58. The largest absolute Gasteiger partial charge is 0.312 e. The van der Waals surface area contributed by atoms with Gasteiger partial charge in [-0.3, -0.25) is 9.69 Å². The number of likely N-dealkylation sites (tertiary alicyclic amines) is 1. The van der Waals surface area contributed by atoms with Crippen molar-refractivity contribution in [2.45, 2.75) is 43.7 Å². The van der Waals surface area contributed by atoms with Gasteiger partial charge in [0, 0.05) is 44.3 Å². The number of rotatable bonds is 6. The molecule has 0 aromatic heterocycles. The Bertz CT molecular complexity index is 992. The van der Waals surface area contributed by atoms with Crippen molar-refractivity contribution in [1.29, 1.82) is 0 Å². The number of nitrogens with one attached hydrogen (secondary N) is 1. The number of anilines is 1. The lowest BCUT2D eigenvalue weighted by molar-refractivity contribution is -0.117. The first kappa shape index (κ1) is 20.1. The van der Waals surface area contributed by atoms with Gasteiger partial charge in [0.2, 0.25) is 15.9 Å². The fraction of sp³-hybridized carbons (Fsp3) is 0.409. The van der Waals surface area contributed by atoms with Gasteiger partial charge in [-0.05, 0) is 43.0 Å². The molecule has 7 heteroatoms. The van der Waals surface area contributed by atoms with Crippen LogP contribution in [0.4, 0.5) is 5.69 Å². The van der Waals surface area contributed by atoms with E-state index in [9.17, 15) is 13.2 Å². The van der Waals surface area contributed by atoms with Crippen LogP contribution < -0.4 is 9.62 Å². The molecule has 0 radical (unpaired) electrons. The van der Waals surface area contributed by atoms with Crippen LogP contribution in [-0.2, 0) is 21.4 Å². The van der Waals surface area contributed by atoms with Crippen LogP contribution in [0.15, 0.2) is 53.4 Å². The fourth-order valence-electron chi connectivity index (χ4n) is 4.16. The van der Waals surface area contributed by atoms with Crippen molar-refractivity contribution in [2.24, 2.45) is 0 Å². The quantitative estimate of drug-likeness (QED) is 0.791. The highest BCUT2D eigenvalue weighted by molar-refractivity contribution is 7.89. The summed E-state index contributed by atoms with van der Waals surface area (Å²) in [7, 11) is -3.65. The third kappa shape index (κ3) is 4.52. The van der Waals surface area contributed by atoms with Crippen LogP contribution >= 0.6 is 0 Å². The van der Waals surface area contributed by atoms with Crippen molar-refractivity contribution >= 4 is 21.6 Å². The van der Waals surface area contributed by atoms with Gasteiger partial charge in [0.05, 0.1) is 4.90 Å². The number of carbonyl (C=O) groups is 1. The number of amides is 1. The molecule has 0 aliphatic carbocycles. The Hall–Kier alpha value is -2.22. The van der Waals surface area contributed by atoms with Gasteiger partial charge >= 0.3 is 0 Å². The average Bonchev–Trinajstić information content (AvgIpc) is 3.31. The third-order valence-electron chi connectivity index (χ3n) is 5.69. The maximum absolute atomic E-state index is 13.1. The molecule has 29 heavy (non-hydrogen) atoms. The summed E-state index contributed by atoms with van der Waals surface area (Å²) >= 11 is 0. The number of aryl methyl sites for hydroxylation is 1. The zero-order valence-electron chi connectivity index (χ0n) is 16.7. The number of hydrogen-bond donors (Lipinski definition) is 1. The molecule has 0 saturated carbocycles. The van der Waals surface area contributed by atoms with E-state index in [0.29, 0.717) is 30.8 Å². The molecule has 2 aliphatic heterocycles. The molecule has 4 rings (SSSR count). The van der Waals surface area contributed by atoms with Crippen molar-refractivity contribution in [3.05, 3.63) is 59.7 Å². The van der Waals surface area contributed by atoms with Crippen molar-refractivity contribution in [3.8, 4) is 0 Å². The predicted octanol–water partition coefficient (Wildman–Crippen LogP) is 2.67. The van der Waals surface area contributed by atoms with E-state index in [1.807, 2.05) is 24.3 Å². The van der Waals surface area contributed by atoms with Crippen LogP contribution in [-0.4, -0.2) is 44.9 Å². The molecule has 1 amide bonds. The van der Waals surface area contributed by atoms with Crippen LogP contribution in [0.5, 0.6) is 0 Å². The molecule has 0 spiro atoms. The molecular weight excluding hydrogens is 386 g/mol. The molecule has 2 aromatic carbocycles. The van der Waals surface area contributed by atoms with Crippen molar-refractivity contribution < 1.29 is 13.2 Å². The highest BCUT2D eigenvalue weighted by Crippen LogP contribution is 2.27. The SMILES string of the molecule is Cc1ccc(N2CCCC2=O)cc1S(=O)(=O)N[C@@H]1CCN(Cc2ccccc2)C1. The van der Waals surface area contributed by atoms with Gasteiger partial charge in [0.1, 0.15) is 0 Å². The van der Waals surface area contributed by atoms with Crippen LogP contribution in [0.25, 0.3) is 0 Å². The van der Waals surface area contributed by atoms with Gasteiger partial charge in [-0.25, -0.2) is 13.1 Å². The van der Waals surface area contributed by atoms with E-state index in [2.05, 4.69) is 21.8 Å². The number of carbonyl (C=O) groups excluding carboxylic acids is 1. The van der Waals surface area contributed by atoms with E-state index in [-0.39, 0.29) is 16.8 Å². The smallest absolute Gasteiger partial charge is 0.241 e. The van der Waals surface area contributed by atoms with E-state index >= 15 is 0 Å². The summed E-state index contributed by atoms with van der Waals surface area (Å²) in [5.74, 6) is 0.0532. The van der Waals surface area contributed by atoms with Crippen molar-refractivity contribution in [2.75, 3.05) is 24.5 Å². The lowest BCUT2D eigenvalue weighted by Gasteiger charge is -2.20.